The van der Waals surface area contributed by atoms with E-state index in [1.807, 2.05) is 11.5 Å². The van der Waals surface area contributed by atoms with Crippen molar-refractivity contribution in [3.63, 3.8) is 0 Å². The minimum atomic E-state index is -0.396. The third-order valence-electron chi connectivity index (χ3n) is 3.28. The molecule has 0 aliphatic heterocycles. The van der Waals surface area contributed by atoms with E-state index in [9.17, 15) is 9.90 Å². The van der Waals surface area contributed by atoms with E-state index in [-0.39, 0.29) is 5.75 Å². The van der Waals surface area contributed by atoms with Gasteiger partial charge in [0.15, 0.2) is 5.75 Å². The molecule has 118 valence electrons. The quantitative estimate of drug-likeness (QED) is 0.409. The Bertz CT molecular complexity index is 495. The first kappa shape index (κ1) is 17.3. The maximum Gasteiger partial charge on any atom is 0.223 e. The number of pyridine rings is 1. The predicted octanol–water partition coefficient (Wildman–Crippen LogP) is 3.28. The summed E-state index contributed by atoms with van der Waals surface area (Å²) in [6.45, 7) is 5.29. The maximum atomic E-state index is 11.5. The average Bonchev–Trinajstić information content (AvgIpc) is 2.47. The van der Waals surface area contributed by atoms with Crippen molar-refractivity contribution in [2.45, 2.75) is 58.9 Å². The summed E-state index contributed by atoms with van der Waals surface area (Å²) in [5.41, 5.74) is 0.256. The normalized spacial score (nSPS) is 11.1. The van der Waals surface area contributed by atoms with Crippen LogP contribution in [0.1, 0.15) is 58.1 Å². The summed E-state index contributed by atoms with van der Waals surface area (Å²) in [6, 6.07) is 1.38. The minimum Gasteiger partial charge on any atom is -0.503 e. The van der Waals surface area contributed by atoms with Crippen LogP contribution < -0.4 is 5.43 Å². The van der Waals surface area contributed by atoms with Gasteiger partial charge in [0, 0.05) is 12.6 Å². The van der Waals surface area contributed by atoms with Crippen LogP contribution in [0.3, 0.4) is 0 Å². The summed E-state index contributed by atoms with van der Waals surface area (Å²) in [5, 5.41) is 13.4. The van der Waals surface area contributed by atoms with Gasteiger partial charge in [0.2, 0.25) is 5.43 Å². The van der Waals surface area contributed by atoms with Gasteiger partial charge in [0.1, 0.15) is 6.61 Å². The Morgan fingerprint density at radius 3 is 2.67 bits per heavy atom. The molecule has 1 N–H and O–H groups in total. The molecule has 0 aliphatic carbocycles. The van der Waals surface area contributed by atoms with Gasteiger partial charge in [-0.25, -0.2) is 0 Å². The van der Waals surface area contributed by atoms with E-state index < -0.39 is 5.43 Å². The van der Waals surface area contributed by atoms with Gasteiger partial charge >= 0.3 is 0 Å². The minimum absolute atomic E-state index is 0.227. The Balaban J connectivity index is 2.61. The van der Waals surface area contributed by atoms with Crippen LogP contribution in [0.2, 0.25) is 0 Å². The SMILES string of the molecule is CCCCCCCCn1cc(O)c(=O)cc1C=NOCC. The van der Waals surface area contributed by atoms with Gasteiger partial charge in [-0.3, -0.25) is 4.79 Å². The number of aromatic nitrogens is 1. The van der Waals surface area contributed by atoms with Gasteiger partial charge in [0.05, 0.1) is 18.1 Å². The lowest BCUT2D eigenvalue weighted by molar-refractivity contribution is 0.160. The van der Waals surface area contributed by atoms with Crippen LogP contribution in [-0.2, 0) is 11.4 Å². The van der Waals surface area contributed by atoms with E-state index in [0.717, 1.165) is 19.4 Å². The lowest BCUT2D eigenvalue weighted by Gasteiger charge is -2.10. The zero-order valence-corrected chi connectivity index (χ0v) is 13.0. The van der Waals surface area contributed by atoms with E-state index in [1.165, 1.54) is 44.2 Å². The van der Waals surface area contributed by atoms with Crippen molar-refractivity contribution in [3.8, 4) is 5.75 Å². The van der Waals surface area contributed by atoms with Crippen molar-refractivity contribution >= 4 is 6.21 Å². The number of nitrogens with zero attached hydrogens (tertiary/aromatic N) is 2. The number of oxime groups is 1. The summed E-state index contributed by atoms with van der Waals surface area (Å²) >= 11 is 0. The fourth-order valence-electron chi connectivity index (χ4n) is 2.11. The number of hydrogen-bond donors (Lipinski definition) is 1. The molecule has 21 heavy (non-hydrogen) atoms. The molecule has 1 aromatic heterocycles. The second kappa shape index (κ2) is 10.0. The Morgan fingerprint density at radius 2 is 1.95 bits per heavy atom. The molecule has 0 spiro atoms. The van der Waals surface area contributed by atoms with Crippen LogP contribution in [0, 0.1) is 0 Å². The third kappa shape index (κ3) is 6.47. The molecule has 0 bridgehead atoms. The zero-order valence-electron chi connectivity index (χ0n) is 13.0. The van der Waals surface area contributed by atoms with E-state index in [2.05, 4.69) is 12.1 Å². The van der Waals surface area contributed by atoms with Crippen molar-refractivity contribution in [1.82, 2.24) is 4.57 Å². The first-order valence-electron chi connectivity index (χ1n) is 7.77. The predicted molar refractivity (Wildman–Crippen MR) is 85.0 cm³/mol. The van der Waals surface area contributed by atoms with Gasteiger partial charge in [-0.2, -0.15) is 0 Å². The second-order valence-corrected chi connectivity index (χ2v) is 5.06. The van der Waals surface area contributed by atoms with Crippen LogP contribution in [-0.4, -0.2) is 22.5 Å². The summed E-state index contributed by atoms with van der Waals surface area (Å²) < 4.78 is 1.85. The van der Waals surface area contributed by atoms with Crippen LogP contribution >= 0.6 is 0 Å². The molecule has 0 aromatic carbocycles. The molecule has 0 radical (unpaired) electrons. The van der Waals surface area contributed by atoms with Crippen LogP contribution in [0.15, 0.2) is 22.2 Å². The molecule has 1 aromatic rings. The summed E-state index contributed by atoms with van der Waals surface area (Å²) in [5.74, 6) is -0.227. The van der Waals surface area contributed by atoms with Crippen molar-refractivity contribution < 1.29 is 9.94 Å². The average molecular weight is 294 g/mol. The van der Waals surface area contributed by atoms with Gasteiger partial charge in [0.25, 0.3) is 0 Å². The van der Waals surface area contributed by atoms with Crippen molar-refractivity contribution in [2.75, 3.05) is 6.61 Å². The highest BCUT2D eigenvalue weighted by Crippen LogP contribution is 2.09. The smallest absolute Gasteiger partial charge is 0.223 e. The third-order valence-corrected chi connectivity index (χ3v) is 3.28. The number of hydrogen-bond acceptors (Lipinski definition) is 4. The Hall–Kier alpha value is -1.78. The lowest BCUT2D eigenvalue weighted by Crippen LogP contribution is -2.12. The van der Waals surface area contributed by atoms with Crippen molar-refractivity contribution in [3.05, 3.63) is 28.2 Å². The lowest BCUT2D eigenvalue weighted by atomic mass is 10.1. The topological polar surface area (TPSA) is 63.8 Å². The Labute approximate surface area is 126 Å². The fraction of sp³-hybridized carbons (Fsp3) is 0.625. The van der Waals surface area contributed by atoms with Crippen LogP contribution in [0.4, 0.5) is 0 Å². The maximum absolute atomic E-state index is 11.5. The molecule has 5 heteroatoms. The Kier molecular flexibility index (Phi) is 8.24. The molecule has 0 saturated heterocycles. The zero-order chi connectivity index (χ0) is 15.5. The standard InChI is InChI=1S/C16H26N2O3/c1-3-5-6-7-8-9-10-18-13-16(20)15(19)11-14(18)12-17-21-4-2/h11-13,20H,3-10H2,1-2H3. The molecular formula is C16H26N2O3. The van der Waals surface area contributed by atoms with E-state index >= 15 is 0 Å². The highest BCUT2D eigenvalue weighted by Gasteiger charge is 2.04. The van der Waals surface area contributed by atoms with Crippen molar-refractivity contribution in [1.29, 1.82) is 0 Å². The molecule has 0 aliphatic rings. The molecule has 0 unspecified atom stereocenters. The highest BCUT2D eigenvalue weighted by molar-refractivity contribution is 5.76. The van der Waals surface area contributed by atoms with E-state index in [0.29, 0.717) is 12.3 Å². The van der Waals surface area contributed by atoms with Gasteiger partial charge in [-0.15, -0.1) is 0 Å². The number of unbranched alkanes of at least 4 members (excludes halogenated alkanes) is 5. The molecule has 0 fully saturated rings. The highest BCUT2D eigenvalue weighted by atomic mass is 16.6. The van der Waals surface area contributed by atoms with Crippen molar-refractivity contribution in [2.24, 2.45) is 5.16 Å². The fourth-order valence-corrected chi connectivity index (χ4v) is 2.11. The van der Waals surface area contributed by atoms with Gasteiger partial charge in [-0.1, -0.05) is 44.2 Å². The molecule has 5 nitrogen and oxygen atoms in total. The molecule has 0 amide bonds. The Morgan fingerprint density at radius 1 is 1.24 bits per heavy atom. The summed E-state index contributed by atoms with van der Waals surface area (Å²) in [7, 11) is 0. The first-order chi connectivity index (χ1) is 10.2. The second-order valence-electron chi connectivity index (χ2n) is 5.06. The molecule has 0 atom stereocenters. The molecule has 1 rings (SSSR count). The van der Waals surface area contributed by atoms with E-state index in [1.54, 1.807) is 0 Å². The summed E-state index contributed by atoms with van der Waals surface area (Å²) in [6.07, 6.45) is 10.2. The number of rotatable bonds is 10. The van der Waals surface area contributed by atoms with Crippen LogP contribution in [0.5, 0.6) is 5.75 Å². The molecule has 1 heterocycles. The van der Waals surface area contributed by atoms with Crippen LogP contribution in [0.25, 0.3) is 0 Å². The van der Waals surface area contributed by atoms with Gasteiger partial charge < -0.3 is 14.5 Å². The molecule has 0 saturated carbocycles. The largest absolute Gasteiger partial charge is 0.503 e. The first-order valence-corrected chi connectivity index (χ1v) is 7.77. The summed E-state index contributed by atoms with van der Waals surface area (Å²) in [4.78, 5) is 16.4. The van der Waals surface area contributed by atoms with E-state index in [4.69, 9.17) is 4.84 Å². The number of aryl methyl sites for hydroxylation is 1. The monoisotopic (exact) mass is 294 g/mol. The van der Waals surface area contributed by atoms with Gasteiger partial charge in [-0.05, 0) is 13.3 Å². The molecular weight excluding hydrogens is 268 g/mol. The number of aromatic hydroxyl groups is 1.